The summed E-state index contributed by atoms with van der Waals surface area (Å²) in [5, 5.41) is 17.4. The SMILES string of the molecule is CCC(C#N)(C#N)CCOC. The van der Waals surface area contributed by atoms with Crippen molar-refractivity contribution in [3.8, 4) is 12.1 Å². The molecular weight excluding hydrogens is 140 g/mol. The Hall–Kier alpha value is -1.06. The Morgan fingerprint density at radius 3 is 2.18 bits per heavy atom. The number of hydrogen-bond donors (Lipinski definition) is 0. The van der Waals surface area contributed by atoms with Crippen molar-refractivity contribution in [1.29, 1.82) is 10.5 Å². The van der Waals surface area contributed by atoms with Crippen molar-refractivity contribution in [3.63, 3.8) is 0 Å². The minimum atomic E-state index is -0.837. The first-order valence-electron chi connectivity index (χ1n) is 3.56. The molecule has 0 aromatic rings. The van der Waals surface area contributed by atoms with E-state index in [1.54, 1.807) is 7.11 Å². The van der Waals surface area contributed by atoms with Gasteiger partial charge in [0.15, 0.2) is 0 Å². The van der Waals surface area contributed by atoms with Gasteiger partial charge in [0.2, 0.25) is 0 Å². The third-order valence-electron chi connectivity index (χ3n) is 1.76. The van der Waals surface area contributed by atoms with Crippen molar-refractivity contribution >= 4 is 0 Å². The fraction of sp³-hybridized carbons (Fsp3) is 0.750. The monoisotopic (exact) mass is 152 g/mol. The number of nitrogens with zero attached hydrogens (tertiary/aromatic N) is 2. The summed E-state index contributed by atoms with van der Waals surface area (Å²) in [6.45, 7) is 2.30. The Kier molecular flexibility index (Phi) is 4.26. The Morgan fingerprint density at radius 1 is 1.36 bits per heavy atom. The Balaban J connectivity index is 4.12. The van der Waals surface area contributed by atoms with Crippen molar-refractivity contribution in [1.82, 2.24) is 0 Å². The minimum absolute atomic E-state index is 0.467. The van der Waals surface area contributed by atoms with E-state index in [1.165, 1.54) is 0 Å². The zero-order valence-corrected chi connectivity index (χ0v) is 6.92. The van der Waals surface area contributed by atoms with Crippen LogP contribution < -0.4 is 0 Å². The van der Waals surface area contributed by atoms with Crippen LogP contribution in [0.25, 0.3) is 0 Å². The van der Waals surface area contributed by atoms with E-state index in [0.717, 1.165) is 0 Å². The quantitative estimate of drug-likeness (QED) is 0.612. The molecule has 0 atom stereocenters. The van der Waals surface area contributed by atoms with Gasteiger partial charge in [-0.2, -0.15) is 10.5 Å². The molecule has 0 amide bonds. The van der Waals surface area contributed by atoms with Crippen molar-refractivity contribution in [2.24, 2.45) is 5.41 Å². The van der Waals surface area contributed by atoms with Crippen LogP contribution in [0.2, 0.25) is 0 Å². The Morgan fingerprint density at radius 2 is 1.91 bits per heavy atom. The summed E-state index contributed by atoms with van der Waals surface area (Å²) in [5.41, 5.74) is -0.837. The van der Waals surface area contributed by atoms with Gasteiger partial charge in [0.1, 0.15) is 5.41 Å². The second-order valence-corrected chi connectivity index (χ2v) is 2.40. The summed E-state index contributed by atoms with van der Waals surface area (Å²) >= 11 is 0. The van der Waals surface area contributed by atoms with E-state index < -0.39 is 5.41 Å². The molecule has 11 heavy (non-hydrogen) atoms. The topological polar surface area (TPSA) is 56.8 Å². The van der Waals surface area contributed by atoms with Gasteiger partial charge in [-0.3, -0.25) is 0 Å². The molecule has 60 valence electrons. The van der Waals surface area contributed by atoms with E-state index in [-0.39, 0.29) is 0 Å². The summed E-state index contributed by atoms with van der Waals surface area (Å²) in [6.07, 6.45) is 1.05. The highest BCUT2D eigenvalue weighted by Crippen LogP contribution is 2.23. The number of ether oxygens (including phenoxy) is 1. The molecule has 0 aromatic carbocycles. The van der Waals surface area contributed by atoms with Gasteiger partial charge >= 0.3 is 0 Å². The van der Waals surface area contributed by atoms with E-state index in [9.17, 15) is 0 Å². The zero-order chi connectivity index (χ0) is 8.74. The lowest BCUT2D eigenvalue weighted by molar-refractivity contribution is 0.172. The third kappa shape index (κ3) is 2.57. The average Bonchev–Trinajstić information content (AvgIpc) is 2.08. The third-order valence-corrected chi connectivity index (χ3v) is 1.76. The first-order valence-corrected chi connectivity index (χ1v) is 3.56. The first-order chi connectivity index (χ1) is 5.24. The standard InChI is InChI=1S/C8H12N2O/c1-3-8(6-9,7-10)4-5-11-2/h3-5H2,1-2H3. The highest BCUT2D eigenvalue weighted by molar-refractivity contribution is 5.12. The number of nitriles is 2. The highest BCUT2D eigenvalue weighted by atomic mass is 16.5. The molecule has 0 heterocycles. The van der Waals surface area contributed by atoms with E-state index >= 15 is 0 Å². The molecule has 0 N–H and O–H groups in total. The Labute approximate surface area is 67.2 Å². The summed E-state index contributed by atoms with van der Waals surface area (Å²) in [5.74, 6) is 0. The molecule has 0 aliphatic carbocycles. The molecule has 0 fully saturated rings. The van der Waals surface area contributed by atoms with Crippen molar-refractivity contribution in [3.05, 3.63) is 0 Å². The Bertz CT molecular complexity index is 173. The highest BCUT2D eigenvalue weighted by Gasteiger charge is 2.26. The maximum atomic E-state index is 8.68. The van der Waals surface area contributed by atoms with Gasteiger partial charge in [-0.1, -0.05) is 6.92 Å². The molecule has 0 bridgehead atoms. The lowest BCUT2D eigenvalue weighted by atomic mass is 9.85. The smallest absolute Gasteiger partial charge is 0.145 e. The molecule has 0 aliphatic rings. The van der Waals surface area contributed by atoms with Gasteiger partial charge in [0.25, 0.3) is 0 Å². The molecule has 0 unspecified atom stereocenters. The molecule has 0 radical (unpaired) electrons. The second-order valence-electron chi connectivity index (χ2n) is 2.40. The van der Waals surface area contributed by atoms with Gasteiger partial charge in [-0.25, -0.2) is 0 Å². The van der Waals surface area contributed by atoms with Crippen LogP contribution in [0, 0.1) is 28.1 Å². The second kappa shape index (κ2) is 4.71. The molecule has 0 rings (SSSR count). The van der Waals surface area contributed by atoms with Crippen molar-refractivity contribution in [2.45, 2.75) is 19.8 Å². The number of hydrogen-bond acceptors (Lipinski definition) is 3. The van der Waals surface area contributed by atoms with Crippen LogP contribution in [-0.4, -0.2) is 13.7 Å². The lowest BCUT2D eigenvalue weighted by Crippen LogP contribution is -2.16. The summed E-state index contributed by atoms with van der Waals surface area (Å²) < 4.78 is 4.80. The van der Waals surface area contributed by atoms with Crippen molar-refractivity contribution < 1.29 is 4.74 Å². The van der Waals surface area contributed by atoms with E-state index in [2.05, 4.69) is 0 Å². The molecular formula is C8H12N2O. The van der Waals surface area contributed by atoms with Crippen LogP contribution in [0.3, 0.4) is 0 Å². The van der Waals surface area contributed by atoms with Crippen LogP contribution in [0.15, 0.2) is 0 Å². The van der Waals surface area contributed by atoms with E-state index in [4.69, 9.17) is 15.3 Å². The average molecular weight is 152 g/mol. The fourth-order valence-electron chi connectivity index (χ4n) is 0.748. The number of rotatable bonds is 4. The summed E-state index contributed by atoms with van der Waals surface area (Å²) in [6, 6.07) is 4.02. The number of methoxy groups -OCH3 is 1. The van der Waals surface area contributed by atoms with E-state index in [0.29, 0.717) is 19.4 Å². The van der Waals surface area contributed by atoms with Crippen LogP contribution >= 0.6 is 0 Å². The fourth-order valence-corrected chi connectivity index (χ4v) is 0.748. The predicted molar refractivity (Wildman–Crippen MR) is 40.4 cm³/mol. The maximum absolute atomic E-state index is 8.68. The molecule has 0 saturated carbocycles. The van der Waals surface area contributed by atoms with Crippen LogP contribution in [0.1, 0.15) is 19.8 Å². The van der Waals surface area contributed by atoms with Crippen LogP contribution in [0.5, 0.6) is 0 Å². The first kappa shape index (κ1) is 9.94. The molecule has 0 spiro atoms. The summed E-state index contributed by atoms with van der Waals surface area (Å²) in [7, 11) is 1.56. The molecule has 0 aromatic heterocycles. The van der Waals surface area contributed by atoms with Gasteiger partial charge in [0.05, 0.1) is 12.1 Å². The van der Waals surface area contributed by atoms with Crippen LogP contribution in [0.4, 0.5) is 0 Å². The maximum Gasteiger partial charge on any atom is 0.145 e. The predicted octanol–water partition coefficient (Wildman–Crippen LogP) is 1.47. The van der Waals surface area contributed by atoms with Gasteiger partial charge < -0.3 is 4.74 Å². The molecule has 0 saturated heterocycles. The van der Waals surface area contributed by atoms with Gasteiger partial charge in [0, 0.05) is 20.1 Å². The normalized spacial score (nSPS) is 10.2. The lowest BCUT2D eigenvalue weighted by Gasteiger charge is -2.14. The summed E-state index contributed by atoms with van der Waals surface area (Å²) in [4.78, 5) is 0. The minimum Gasteiger partial charge on any atom is -0.385 e. The molecule has 3 heteroatoms. The van der Waals surface area contributed by atoms with E-state index in [1.807, 2.05) is 19.1 Å². The van der Waals surface area contributed by atoms with Gasteiger partial charge in [-0.05, 0) is 6.42 Å². The van der Waals surface area contributed by atoms with Gasteiger partial charge in [-0.15, -0.1) is 0 Å². The molecule has 3 nitrogen and oxygen atoms in total. The largest absolute Gasteiger partial charge is 0.385 e. The van der Waals surface area contributed by atoms with Crippen LogP contribution in [-0.2, 0) is 4.74 Å². The van der Waals surface area contributed by atoms with Crippen molar-refractivity contribution in [2.75, 3.05) is 13.7 Å². The molecule has 0 aliphatic heterocycles. The zero-order valence-electron chi connectivity index (χ0n) is 6.92.